The van der Waals surface area contributed by atoms with Crippen LogP contribution in [-0.4, -0.2) is 47.4 Å². The van der Waals surface area contributed by atoms with E-state index in [4.69, 9.17) is 9.47 Å². The molecule has 0 unspecified atom stereocenters. The van der Waals surface area contributed by atoms with Crippen LogP contribution in [0.25, 0.3) is 0 Å². The second kappa shape index (κ2) is 6.13. The Bertz CT molecular complexity index is 750. The van der Waals surface area contributed by atoms with Crippen LogP contribution in [0.1, 0.15) is 22.0 Å². The van der Waals surface area contributed by atoms with Crippen LogP contribution in [0.4, 0.5) is 0 Å². The standard InChI is InChI=1S/C18H18N2O4/c21-10-13-8-20(9-14(13)15-3-1-2-6-19-15)18(22)12-4-5-16-17(7-12)24-11-23-16/h1-7,13-14,21H,8-11H2/t13-,14+/m0/s1. The van der Waals surface area contributed by atoms with E-state index in [9.17, 15) is 9.90 Å². The van der Waals surface area contributed by atoms with E-state index < -0.39 is 0 Å². The minimum absolute atomic E-state index is 0.00198. The van der Waals surface area contributed by atoms with E-state index in [-0.39, 0.29) is 31.1 Å². The molecule has 1 aromatic carbocycles. The molecule has 1 aromatic heterocycles. The number of carbonyl (C=O) groups excluding carboxylic acids is 1. The van der Waals surface area contributed by atoms with Crippen LogP contribution >= 0.6 is 0 Å². The molecular formula is C18H18N2O4. The summed E-state index contributed by atoms with van der Waals surface area (Å²) in [6.07, 6.45) is 1.74. The molecule has 0 aliphatic carbocycles. The number of pyridine rings is 1. The summed E-state index contributed by atoms with van der Waals surface area (Å²) in [5.41, 5.74) is 1.48. The Balaban J connectivity index is 1.55. The van der Waals surface area contributed by atoms with Crippen molar-refractivity contribution in [2.75, 3.05) is 26.5 Å². The Morgan fingerprint density at radius 2 is 2.08 bits per heavy atom. The van der Waals surface area contributed by atoms with Gasteiger partial charge >= 0.3 is 0 Å². The van der Waals surface area contributed by atoms with Crippen LogP contribution in [0.3, 0.4) is 0 Å². The van der Waals surface area contributed by atoms with Crippen molar-refractivity contribution >= 4 is 5.91 Å². The monoisotopic (exact) mass is 326 g/mol. The number of aromatic nitrogens is 1. The third kappa shape index (κ3) is 2.59. The molecule has 1 fully saturated rings. The Labute approximate surface area is 139 Å². The molecule has 2 atom stereocenters. The topological polar surface area (TPSA) is 71.9 Å². The number of carbonyl (C=O) groups is 1. The summed E-state index contributed by atoms with van der Waals surface area (Å²) in [4.78, 5) is 19.0. The van der Waals surface area contributed by atoms with Crippen molar-refractivity contribution in [1.82, 2.24) is 9.88 Å². The largest absolute Gasteiger partial charge is 0.454 e. The molecule has 0 spiro atoms. The number of amides is 1. The first-order valence-corrected chi connectivity index (χ1v) is 7.97. The van der Waals surface area contributed by atoms with E-state index >= 15 is 0 Å². The highest BCUT2D eigenvalue weighted by Gasteiger charge is 2.37. The molecule has 1 amide bonds. The SMILES string of the molecule is O=C(c1ccc2c(c1)OCO2)N1C[C@@H](CO)[C@H](c2ccccn2)C1. The van der Waals surface area contributed by atoms with E-state index in [0.29, 0.717) is 30.2 Å². The lowest BCUT2D eigenvalue weighted by molar-refractivity contribution is 0.0781. The fourth-order valence-electron chi connectivity index (χ4n) is 3.36. The van der Waals surface area contributed by atoms with E-state index in [1.54, 1.807) is 29.3 Å². The summed E-state index contributed by atoms with van der Waals surface area (Å²) >= 11 is 0. The van der Waals surface area contributed by atoms with Gasteiger partial charge in [0.1, 0.15) is 0 Å². The number of ether oxygens (including phenoxy) is 2. The third-order valence-electron chi connectivity index (χ3n) is 4.65. The Morgan fingerprint density at radius 3 is 2.88 bits per heavy atom. The Kier molecular flexibility index (Phi) is 3.82. The zero-order valence-electron chi connectivity index (χ0n) is 13.1. The summed E-state index contributed by atoms with van der Waals surface area (Å²) < 4.78 is 10.6. The highest BCUT2D eigenvalue weighted by atomic mass is 16.7. The van der Waals surface area contributed by atoms with Gasteiger partial charge in [-0.3, -0.25) is 9.78 Å². The average molecular weight is 326 g/mol. The number of aliphatic hydroxyl groups is 1. The van der Waals surface area contributed by atoms with Crippen molar-refractivity contribution in [1.29, 1.82) is 0 Å². The van der Waals surface area contributed by atoms with Crippen molar-refractivity contribution in [3.8, 4) is 11.5 Å². The molecule has 0 saturated carbocycles. The van der Waals surface area contributed by atoms with Crippen molar-refractivity contribution in [3.63, 3.8) is 0 Å². The minimum atomic E-state index is -0.0646. The van der Waals surface area contributed by atoms with Crippen molar-refractivity contribution in [2.24, 2.45) is 5.92 Å². The lowest BCUT2D eigenvalue weighted by Crippen LogP contribution is -2.29. The van der Waals surface area contributed by atoms with E-state index in [1.807, 2.05) is 18.2 Å². The van der Waals surface area contributed by atoms with E-state index in [1.165, 1.54) is 0 Å². The van der Waals surface area contributed by atoms with Crippen LogP contribution in [0.2, 0.25) is 0 Å². The maximum atomic E-state index is 12.8. The van der Waals surface area contributed by atoms with Crippen LogP contribution < -0.4 is 9.47 Å². The second-order valence-corrected chi connectivity index (χ2v) is 6.08. The van der Waals surface area contributed by atoms with Gasteiger partial charge in [-0.05, 0) is 30.3 Å². The molecule has 2 aromatic rings. The maximum Gasteiger partial charge on any atom is 0.254 e. The summed E-state index contributed by atoms with van der Waals surface area (Å²) in [6.45, 7) is 1.29. The molecule has 124 valence electrons. The summed E-state index contributed by atoms with van der Waals surface area (Å²) in [5.74, 6) is 1.24. The number of likely N-dealkylation sites (tertiary alicyclic amines) is 1. The molecular weight excluding hydrogens is 308 g/mol. The molecule has 6 nitrogen and oxygen atoms in total. The summed E-state index contributed by atoms with van der Waals surface area (Å²) in [5, 5.41) is 9.69. The molecule has 6 heteroatoms. The average Bonchev–Trinajstić information content (AvgIpc) is 3.27. The lowest BCUT2D eigenvalue weighted by atomic mass is 9.93. The Hall–Kier alpha value is -2.60. The number of aliphatic hydroxyl groups excluding tert-OH is 1. The molecule has 1 saturated heterocycles. The van der Waals surface area contributed by atoms with Gasteiger partial charge < -0.3 is 19.5 Å². The fourth-order valence-corrected chi connectivity index (χ4v) is 3.36. The molecule has 0 radical (unpaired) electrons. The molecule has 2 aliphatic heterocycles. The number of nitrogens with zero attached hydrogens (tertiary/aromatic N) is 2. The van der Waals surface area contributed by atoms with Gasteiger partial charge in [-0.15, -0.1) is 0 Å². The van der Waals surface area contributed by atoms with Crippen LogP contribution in [-0.2, 0) is 0 Å². The van der Waals surface area contributed by atoms with Gasteiger partial charge in [-0.25, -0.2) is 0 Å². The Morgan fingerprint density at radius 1 is 1.21 bits per heavy atom. The molecule has 1 N–H and O–H groups in total. The van der Waals surface area contributed by atoms with Gasteiger partial charge in [0, 0.05) is 49.0 Å². The fraction of sp³-hybridized carbons (Fsp3) is 0.333. The number of rotatable bonds is 3. The summed E-state index contributed by atoms with van der Waals surface area (Å²) in [6, 6.07) is 11.0. The highest BCUT2D eigenvalue weighted by molar-refractivity contribution is 5.95. The predicted octanol–water partition coefficient (Wildman–Crippen LogP) is 1.66. The molecule has 4 rings (SSSR count). The van der Waals surface area contributed by atoms with Crippen molar-refractivity contribution < 1.29 is 19.4 Å². The third-order valence-corrected chi connectivity index (χ3v) is 4.65. The van der Waals surface area contributed by atoms with Gasteiger partial charge in [0.2, 0.25) is 6.79 Å². The zero-order chi connectivity index (χ0) is 16.5. The molecule has 0 bridgehead atoms. The molecule has 2 aliphatic rings. The number of fused-ring (bicyclic) bond motifs is 1. The quantitative estimate of drug-likeness (QED) is 0.929. The van der Waals surface area contributed by atoms with Gasteiger partial charge in [0.05, 0.1) is 0 Å². The first kappa shape index (κ1) is 15.0. The van der Waals surface area contributed by atoms with Gasteiger partial charge in [0.15, 0.2) is 11.5 Å². The van der Waals surface area contributed by atoms with Crippen molar-refractivity contribution in [3.05, 3.63) is 53.9 Å². The number of hydrogen-bond donors (Lipinski definition) is 1. The van der Waals surface area contributed by atoms with Crippen LogP contribution in [0, 0.1) is 5.92 Å². The zero-order valence-corrected chi connectivity index (χ0v) is 13.1. The first-order chi connectivity index (χ1) is 11.8. The summed E-state index contributed by atoms with van der Waals surface area (Å²) in [7, 11) is 0. The van der Waals surface area contributed by atoms with Gasteiger partial charge in [-0.1, -0.05) is 6.07 Å². The van der Waals surface area contributed by atoms with E-state index in [0.717, 1.165) is 5.69 Å². The number of benzene rings is 1. The second-order valence-electron chi connectivity index (χ2n) is 6.08. The predicted molar refractivity (Wildman–Crippen MR) is 86.0 cm³/mol. The number of hydrogen-bond acceptors (Lipinski definition) is 5. The normalized spacial score (nSPS) is 22.0. The lowest BCUT2D eigenvalue weighted by Gasteiger charge is -2.16. The maximum absolute atomic E-state index is 12.8. The van der Waals surface area contributed by atoms with Gasteiger partial charge in [0.25, 0.3) is 5.91 Å². The van der Waals surface area contributed by atoms with Crippen LogP contribution in [0.15, 0.2) is 42.6 Å². The minimum Gasteiger partial charge on any atom is -0.454 e. The smallest absolute Gasteiger partial charge is 0.254 e. The molecule has 24 heavy (non-hydrogen) atoms. The van der Waals surface area contributed by atoms with Gasteiger partial charge in [-0.2, -0.15) is 0 Å². The van der Waals surface area contributed by atoms with Crippen molar-refractivity contribution in [2.45, 2.75) is 5.92 Å². The van der Waals surface area contributed by atoms with E-state index in [2.05, 4.69) is 4.98 Å². The first-order valence-electron chi connectivity index (χ1n) is 7.97. The molecule has 3 heterocycles. The van der Waals surface area contributed by atoms with Crippen LogP contribution in [0.5, 0.6) is 11.5 Å². The highest BCUT2D eigenvalue weighted by Crippen LogP contribution is 2.35.